The van der Waals surface area contributed by atoms with E-state index in [1.54, 1.807) is 0 Å². The number of hydrogen-bond donors (Lipinski definition) is 3. The van der Waals surface area contributed by atoms with E-state index in [0.717, 1.165) is 0 Å². The molecular weight excluding hydrogens is 250 g/mol. The number of nitrogens with zero attached hydrogens (tertiary/aromatic N) is 1. The van der Waals surface area contributed by atoms with Crippen LogP contribution in [0.5, 0.6) is 0 Å². The first kappa shape index (κ1) is 15.0. The molecule has 1 atom stereocenters. The van der Waals surface area contributed by atoms with Crippen molar-refractivity contribution in [1.82, 2.24) is 4.90 Å². The second-order valence-corrected chi connectivity index (χ2v) is 5.56. The van der Waals surface area contributed by atoms with Crippen molar-refractivity contribution in [3.05, 3.63) is 35.9 Å². The summed E-state index contributed by atoms with van der Waals surface area (Å²) < 4.78 is 0. The molecule has 20 heavy (non-hydrogen) atoms. The first-order valence-electron chi connectivity index (χ1n) is 7.47. The lowest BCUT2D eigenvalue weighted by Gasteiger charge is -2.36. The Kier molecular flexibility index (Phi) is 5.56. The van der Waals surface area contributed by atoms with Gasteiger partial charge in [-0.05, 0) is 18.4 Å². The summed E-state index contributed by atoms with van der Waals surface area (Å²) in [6.45, 7) is 0.801. The van der Waals surface area contributed by atoms with Crippen molar-refractivity contribution in [2.24, 2.45) is 5.73 Å². The van der Waals surface area contributed by atoms with Gasteiger partial charge in [0.2, 0.25) is 0 Å². The zero-order chi connectivity index (χ0) is 14.4. The Labute approximate surface area is 121 Å². The summed E-state index contributed by atoms with van der Waals surface area (Å²) in [6, 6.07) is 10.8. The maximum atomic E-state index is 9.40. The molecule has 4 N–H and O–H groups in total. The number of hydrogen-bond acceptors (Lipinski definition) is 3. The molecule has 1 aliphatic carbocycles. The predicted octanol–water partition coefficient (Wildman–Crippen LogP) is 2.29. The Bertz CT molecular complexity index is 415. The molecule has 0 spiro atoms. The van der Waals surface area contributed by atoms with Crippen molar-refractivity contribution in [2.45, 2.75) is 44.2 Å². The van der Waals surface area contributed by atoms with Crippen LogP contribution < -0.4 is 5.73 Å². The van der Waals surface area contributed by atoms with Crippen LogP contribution in [0.3, 0.4) is 0 Å². The van der Waals surface area contributed by atoms with Crippen molar-refractivity contribution in [3.63, 3.8) is 0 Å². The van der Waals surface area contributed by atoms with Gasteiger partial charge in [0, 0.05) is 25.0 Å². The Balaban J connectivity index is 2.23. The van der Waals surface area contributed by atoms with Crippen molar-refractivity contribution in [1.29, 1.82) is 5.41 Å². The lowest BCUT2D eigenvalue weighted by molar-refractivity contribution is 0.106. The molecule has 1 aromatic carbocycles. The molecule has 110 valence electrons. The second-order valence-electron chi connectivity index (χ2n) is 5.56. The van der Waals surface area contributed by atoms with Gasteiger partial charge in [0.15, 0.2) is 0 Å². The molecule has 4 heteroatoms. The van der Waals surface area contributed by atoms with Crippen LogP contribution in [-0.4, -0.2) is 35.0 Å². The van der Waals surface area contributed by atoms with Crippen LogP contribution >= 0.6 is 0 Å². The Morgan fingerprint density at radius 1 is 1.30 bits per heavy atom. The molecular formula is C16H25N3O. The molecule has 0 bridgehead atoms. The quantitative estimate of drug-likeness (QED) is 0.528. The lowest BCUT2D eigenvalue weighted by atomic mass is 9.99. The predicted molar refractivity (Wildman–Crippen MR) is 81.8 cm³/mol. The summed E-state index contributed by atoms with van der Waals surface area (Å²) in [5.74, 6) is 0.208. The molecule has 0 saturated heterocycles. The number of aliphatic hydroxyl groups is 1. The van der Waals surface area contributed by atoms with E-state index in [9.17, 15) is 5.11 Å². The maximum Gasteiger partial charge on any atom is 0.0924 e. The van der Waals surface area contributed by atoms with Crippen LogP contribution in [0.25, 0.3) is 0 Å². The van der Waals surface area contributed by atoms with E-state index in [4.69, 9.17) is 11.1 Å². The van der Waals surface area contributed by atoms with Gasteiger partial charge < -0.3 is 10.8 Å². The fourth-order valence-electron chi connectivity index (χ4n) is 3.25. The summed E-state index contributed by atoms with van der Waals surface area (Å²) >= 11 is 0. The zero-order valence-electron chi connectivity index (χ0n) is 12.0. The largest absolute Gasteiger partial charge is 0.395 e. The average Bonchev–Trinajstić information content (AvgIpc) is 2.97. The standard InChI is InChI=1S/C16H25N3O/c17-16(18)12-15(13-6-2-1-3-7-13)19(10-11-20)14-8-4-5-9-14/h1-3,6-7,14-15,20H,4-5,8-12H2,(H3,17,18). The maximum absolute atomic E-state index is 9.40. The summed E-state index contributed by atoms with van der Waals surface area (Å²) in [7, 11) is 0. The van der Waals surface area contributed by atoms with E-state index in [1.165, 1.54) is 31.2 Å². The van der Waals surface area contributed by atoms with Crippen LogP contribution in [0.4, 0.5) is 0 Å². The van der Waals surface area contributed by atoms with Gasteiger partial charge in [-0.2, -0.15) is 0 Å². The Hall–Kier alpha value is -1.39. The van der Waals surface area contributed by atoms with E-state index >= 15 is 0 Å². The van der Waals surface area contributed by atoms with E-state index in [0.29, 0.717) is 19.0 Å². The third-order valence-electron chi connectivity index (χ3n) is 4.15. The van der Waals surface area contributed by atoms with Crippen molar-refractivity contribution >= 4 is 5.84 Å². The van der Waals surface area contributed by atoms with Gasteiger partial charge in [-0.1, -0.05) is 43.2 Å². The average molecular weight is 275 g/mol. The highest BCUT2D eigenvalue weighted by atomic mass is 16.3. The monoisotopic (exact) mass is 275 g/mol. The number of nitrogens with one attached hydrogen (secondary N) is 1. The number of nitrogens with two attached hydrogens (primary N) is 1. The van der Waals surface area contributed by atoms with Crippen molar-refractivity contribution in [3.8, 4) is 0 Å². The van der Waals surface area contributed by atoms with Crippen LogP contribution in [0, 0.1) is 5.41 Å². The molecule has 1 aromatic rings. The van der Waals surface area contributed by atoms with E-state index in [1.807, 2.05) is 18.2 Å². The third-order valence-corrected chi connectivity index (χ3v) is 4.15. The lowest BCUT2D eigenvalue weighted by Crippen LogP contribution is -2.40. The van der Waals surface area contributed by atoms with Crippen LogP contribution in [-0.2, 0) is 0 Å². The summed E-state index contributed by atoms with van der Waals surface area (Å²) in [4.78, 5) is 2.35. The number of rotatable bonds is 7. The van der Waals surface area contributed by atoms with Gasteiger partial charge in [-0.3, -0.25) is 10.3 Å². The number of aliphatic hydroxyl groups excluding tert-OH is 1. The van der Waals surface area contributed by atoms with Gasteiger partial charge in [-0.25, -0.2) is 0 Å². The highest BCUT2D eigenvalue weighted by Gasteiger charge is 2.29. The number of amidine groups is 1. The minimum atomic E-state index is 0.101. The Morgan fingerprint density at radius 3 is 2.50 bits per heavy atom. The third kappa shape index (κ3) is 3.81. The minimum Gasteiger partial charge on any atom is -0.395 e. The van der Waals surface area contributed by atoms with Crippen LogP contribution in [0.15, 0.2) is 30.3 Å². The first-order chi connectivity index (χ1) is 9.72. The van der Waals surface area contributed by atoms with Crippen LogP contribution in [0.1, 0.15) is 43.7 Å². The van der Waals surface area contributed by atoms with Gasteiger partial charge in [0.05, 0.1) is 12.4 Å². The topological polar surface area (TPSA) is 73.3 Å². The molecule has 0 amide bonds. The van der Waals surface area contributed by atoms with Crippen molar-refractivity contribution < 1.29 is 5.11 Å². The van der Waals surface area contributed by atoms with E-state index in [2.05, 4.69) is 17.0 Å². The Morgan fingerprint density at radius 2 is 1.95 bits per heavy atom. The smallest absolute Gasteiger partial charge is 0.0924 e. The molecule has 1 unspecified atom stereocenters. The molecule has 4 nitrogen and oxygen atoms in total. The second kappa shape index (κ2) is 7.41. The van der Waals surface area contributed by atoms with Gasteiger partial charge in [0.25, 0.3) is 0 Å². The van der Waals surface area contributed by atoms with Crippen molar-refractivity contribution in [2.75, 3.05) is 13.2 Å². The fourth-order valence-corrected chi connectivity index (χ4v) is 3.25. The minimum absolute atomic E-state index is 0.101. The molecule has 0 heterocycles. The molecule has 1 aliphatic rings. The normalized spacial score (nSPS) is 17.5. The summed E-state index contributed by atoms with van der Waals surface area (Å²) in [5, 5.41) is 17.1. The van der Waals surface area contributed by atoms with Gasteiger partial charge in [0.1, 0.15) is 0 Å². The number of benzene rings is 1. The highest BCUT2D eigenvalue weighted by Crippen LogP contribution is 2.32. The highest BCUT2D eigenvalue weighted by molar-refractivity contribution is 5.77. The summed E-state index contributed by atoms with van der Waals surface area (Å²) in [5.41, 5.74) is 6.84. The summed E-state index contributed by atoms with van der Waals surface area (Å²) in [6.07, 6.45) is 5.41. The fraction of sp³-hybridized carbons (Fsp3) is 0.562. The van der Waals surface area contributed by atoms with Crippen LogP contribution in [0.2, 0.25) is 0 Å². The van der Waals surface area contributed by atoms with Gasteiger partial charge >= 0.3 is 0 Å². The first-order valence-corrected chi connectivity index (χ1v) is 7.47. The molecule has 2 rings (SSSR count). The molecule has 0 aromatic heterocycles. The molecule has 0 radical (unpaired) electrons. The molecule has 0 aliphatic heterocycles. The SMILES string of the molecule is N=C(N)CC(c1ccccc1)N(CCO)C1CCCC1. The zero-order valence-corrected chi connectivity index (χ0v) is 12.0. The van der Waals surface area contributed by atoms with E-state index < -0.39 is 0 Å². The van der Waals surface area contributed by atoms with Gasteiger partial charge in [-0.15, -0.1) is 0 Å². The molecule has 1 fully saturated rings. The molecule has 1 saturated carbocycles. The van der Waals surface area contributed by atoms with E-state index in [-0.39, 0.29) is 18.5 Å².